The molecule has 0 aliphatic heterocycles. The van der Waals surface area contributed by atoms with Crippen molar-refractivity contribution in [1.29, 1.82) is 0 Å². The Bertz CT molecular complexity index is 378. The topological polar surface area (TPSA) is 0 Å². The van der Waals surface area contributed by atoms with Crippen molar-refractivity contribution in [2.75, 3.05) is 0 Å². The van der Waals surface area contributed by atoms with Crippen molar-refractivity contribution in [1.82, 2.24) is 0 Å². The molecule has 0 bridgehead atoms. The maximum atomic E-state index is 2.44. The van der Waals surface area contributed by atoms with Gasteiger partial charge in [0.15, 0.2) is 0 Å². The van der Waals surface area contributed by atoms with Crippen LogP contribution in [0.25, 0.3) is 0 Å². The Morgan fingerprint density at radius 2 is 1.33 bits per heavy atom. The van der Waals surface area contributed by atoms with E-state index in [0.29, 0.717) is 0 Å². The van der Waals surface area contributed by atoms with Crippen LogP contribution in [-0.4, -0.2) is 0 Å². The summed E-state index contributed by atoms with van der Waals surface area (Å²) in [6.07, 6.45) is 15.3. The summed E-state index contributed by atoms with van der Waals surface area (Å²) in [5.74, 6) is 2.57. The number of unbranched alkanes of at least 4 members (excludes halogenated alkanes) is 6. The van der Waals surface area contributed by atoms with E-state index in [1.54, 1.807) is 0 Å². The number of rotatable bonds is 14. The van der Waals surface area contributed by atoms with Gasteiger partial charge >= 0.3 is 0 Å². The first kappa shape index (κ1) is 21.3. The molecule has 1 aromatic carbocycles. The summed E-state index contributed by atoms with van der Waals surface area (Å²) in [4.78, 5) is 0. The van der Waals surface area contributed by atoms with Gasteiger partial charge in [-0.25, -0.2) is 0 Å². The Morgan fingerprint density at radius 3 is 1.96 bits per heavy atom. The van der Waals surface area contributed by atoms with Crippen LogP contribution in [0.4, 0.5) is 0 Å². The quantitative estimate of drug-likeness (QED) is 0.303. The van der Waals surface area contributed by atoms with Gasteiger partial charge in [-0.15, -0.1) is 0 Å². The van der Waals surface area contributed by atoms with Crippen LogP contribution in [0.3, 0.4) is 0 Å². The highest BCUT2D eigenvalue weighted by atomic mass is 14.3. The Kier molecular flexibility index (Phi) is 12.0. The van der Waals surface area contributed by atoms with Crippen molar-refractivity contribution >= 4 is 0 Å². The van der Waals surface area contributed by atoms with E-state index in [-0.39, 0.29) is 0 Å². The van der Waals surface area contributed by atoms with Crippen LogP contribution >= 0.6 is 0 Å². The molecule has 0 aliphatic rings. The highest BCUT2D eigenvalue weighted by Gasteiger charge is 2.24. The molecule has 0 saturated heterocycles. The van der Waals surface area contributed by atoms with Gasteiger partial charge in [0.25, 0.3) is 0 Å². The van der Waals surface area contributed by atoms with Gasteiger partial charge < -0.3 is 0 Å². The molecule has 1 aromatic rings. The fourth-order valence-electron chi connectivity index (χ4n) is 4.12. The zero-order valence-electron chi connectivity index (χ0n) is 16.9. The molecule has 0 radical (unpaired) electrons. The third kappa shape index (κ3) is 8.90. The summed E-state index contributed by atoms with van der Waals surface area (Å²) in [6, 6.07) is 11.2. The summed E-state index contributed by atoms with van der Waals surface area (Å²) in [6.45, 7) is 9.52. The molecule has 0 amide bonds. The fraction of sp³-hybridized carbons (Fsp3) is 0.750. The number of hydrogen-bond donors (Lipinski definition) is 0. The molecule has 0 nitrogen and oxygen atoms in total. The molecule has 0 aromatic heterocycles. The molecule has 0 N–H and O–H groups in total. The van der Waals surface area contributed by atoms with E-state index >= 15 is 0 Å². The predicted molar refractivity (Wildman–Crippen MR) is 109 cm³/mol. The maximum absolute atomic E-state index is 2.44. The lowest BCUT2D eigenvalue weighted by Crippen LogP contribution is -2.22. The Morgan fingerprint density at radius 1 is 0.708 bits per heavy atom. The molecule has 0 saturated carbocycles. The summed E-state index contributed by atoms with van der Waals surface area (Å²) in [5, 5.41) is 0. The molecule has 0 aliphatic carbocycles. The van der Waals surface area contributed by atoms with E-state index in [2.05, 4.69) is 58.0 Å². The molecule has 2 unspecified atom stereocenters. The number of benzene rings is 1. The maximum Gasteiger partial charge on any atom is -0.0248 e. The Labute approximate surface area is 152 Å². The lowest BCUT2D eigenvalue weighted by atomic mass is 9.75. The highest BCUT2D eigenvalue weighted by Crippen LogP contribution is 2.33. The van der Waals surface area contributed by atoms with E-state index in [1.807, 2.05) is 0 Å². The van der Waals surface area contributed by atoms with Gasteiger partial charge in [0, 0.05) is 0 Å². The Hall–Kier alpha value is -0.780. The van der Waals surface area contributed by atoms with Crippen LogP contribution in [-0.2, 0) is 6.42 Å². The zero-order chi connectivity index (χ0) is 17.6. The second-order valence-corrected chi connectivity index (χ2v) is 8.06. The minimum Gasteiger partial charge on any atom is -0.0654 e. The van der Waals surface area contributed by atoms with Gasteiger partial charge in [-0.1, -0.05) is 109 Å². The lowest BCUT2D eigenvalue weighted by Gasteiger charge is -2.31. The first-order valence-corrected chi connectivity index (χ1v) is 10.7. The van der Waals surface area contributed by atoms with Crippen LogP contribution in [0, 0.1) is 17.8 Å². The predicted octanol–water partition coefficient (Wildman–Crippen LogP) is 8.06. The van der Waals surface area contributed by atoms with E-state index in [1.165, 1.54) is 76.2 Å². The smallest absolute Gasteiger partial charge is 0.0248 e. The summed E-state index contributed by atoms with van der Waals surface area (Å²) < 4.78 is 0. The molecule has 0 spiro atoms. The average Bonchev–Trinajstić information content (AvgIpc) is 2.58. The lowest BCUT2D eigenvalue weighted by molar-refractivity contribution is 0.213. The van der Waals surface area contributed by atoms with E-state index < -0.39 is 0 Å². The molecule has 138 valence electrons. The van der Waals surface area contributed by atoms with Crippen molar-refractivity contribution in [3.8, 4) is 0 Å². The second-order valence-electron chi connectivity index (χ2n) is 8.06. The summed E-state index contributed by atoms with van der Waals surface area (Å²) >= 11 is 0. The van der Waals surface area contributed by atoms with Crippen molar-refractivity contribution in [3.05, 3.63) is 35.9 Å². The van der Waals surface area contributed by atoms with E-state index in [4.69, 9.17) is 0 Å². The summed E-state index contributed by atoms with van der Waals surface area (Å²) in [7, 11) is 0. The van der Waals surface area contributed by atoms with Crippen LogP contribution in [0.5, 0.6) is 0 Å². The molecule has 0 heteroatoms. The third-order valence-electron chi connectivity index (χ3n) is 5.62. The van der Waals surface area contributed by atoms with Crippen molar-refractivity contribution < 1.29 is 0 Å². The van der Waals surface area contributed by atoms with Gasteiger partial charge in [0.1, 0.15) is 0 Å². The molecular formula is C24H42. The highest BCUT2D eigenvalue weighted by molar-refractivity contribution is 5.15. The van der Waals surface area contributed by atoms with Crippen molar-refractivity contribution in [2.45, 2.75) is 98.3 Å². The molecule has 0 heterocycles. The average molecular weight is 331 g/mol. The van der Waals surface area contributed by atoms with Crippen LogP contribution in [0.2, 0.25) is 0 Å². The van der Waals surface area contributed by atoms with Crippen molar-refractivity contribution in [3.63, 3.8) is 0 Å². The normalized spacial score (nSPS) is 14.0. The standard InChI is InChI=1S/C24H42/c1-5-7-9-10-11-15-18-23(20-22-16-13-12-14-17-22)24(21(3)4)19-8-6-2/h12-14,16-17,21,23-24H,5-11,15,18-20H2,1-4H3. The van der Waals surface area contributed by atoms with Gasteiger partial charge in [0.05, 0.1) is 0 Å². The largest absolute Gasteiger partial charge is 0.0654 e. The molecule has 24 heavy (non-hydrogen) atoms. The Balaban J connectivity index is 2.59. The van der Waals surface area contributed by atoms with Gasteiger partial charge in [-0.05, 0) is 42.6 Å². The zero-order valence-corrected chi connectivity index (χ0v) is 16.9. The molecular weight excluding hydrogens is 288 g/mol. The minimum absolute atomic E-state index is 0.811. The SMILES string of the molecule is CCCCCCCCC(Cc1ccccc1)C(CCCC)C(C)C. The summed E-state index contributed by atoms with van der Waals surface area (Å²) in [5.41, 5.74) is 1.54. The van der Waals surface area contributed by atoms with Gasteiger partial charge in [-0.3, -0.25) is 0 Å². The molecule has 2 atom stereocenters. The second kappa shape index (κ2) is 13.5. The van der Waals surface area contributed by atoms with Crippen LogP contribution in [0.15, 0.2) is 30.3 Å². The first-order chi connectivity index (χ1) is 11.7. The third-order valence-corrected chi connectivity index (χ3v) is 5.62. The van der Waals surface area contributed by atoms with Crippen LogP contribution < -0.4 is 0 Å². The van der Waals surface area contributed by atoms with Gasteiger partial charge in [-0.2, -0.15) is 0 Å². The fourth-order valence-corrected chi connectivity index (χ4v) is 4.12. The molecule has 1 rings (SSSR count). The minimum atomic E-state index is 0.811. The van der Waals surface area contributed by atoms with Crippen molar-refractivity contribution in [2.24, 2.45) is 17.8 Å². The van der Waals surface area contributed by atoms with E-state index in [0.717, 1.165) is 17.8 Å². The van der Waals surface area contributed by atoms with E-state index in [9.17, 15) is 0 Å². The van der Waals surface area contributed by atoms with Gasteiger partial charge in [0.2, 0.25) is 0 Å². The molecule has 0 fully saturated rings. The number of hydrogen-bond acceptors (Lipinski definition) is 0. The first-order valence-electron chi connectivity index (χ1n) is 10.7. The monoisotopic (exact) mass is 330 g/mol. The van der Waals surface area contributed by atoms with Crippen LogP contribution in [0.1, 0.15) is 97.5 Å².